The van der Waals surface area contributed by atoms with Crippen LogP contribution in [0.5, 0.6) is 17.2 Å². The minimum Gasteiger partial charge on any atom is -0.488 e. The Hall–Kier alpha value is -4.37. The maximum Gasteiger partial charge on any atom is 0.251 e. The van der Waals surface area contributed by atoms with Crippen molar-refractivity contribution in [1.82, 2.24) is 10.2 Å². The van der Waals surface area contributed by atoms with Crippen LogP contribution in [-0.4, -0.2) is 67.1 Å². The van der Waals surface area contributed by atoms with Crippen LogP contribution < -0.4 is 19.5 Å². The molecule has 0 saturated carbocycles. The predicted molar refractivity (Wildman–Crippen MR) is 152 cm³/mol. The summed E-state index contributed by atoms with van der Waals surface area (Å²) in [5.74, 6) is 1.53. The smallest absolute Gasteiger partial charge is 0.251 e. The Morgan fingerprint density at radius 3 is 2.74 bits per heavy atom. The zero-order valence-electron chi connectivity index (χ0n) is 23.4. The standard InChI is InChI=1S/C33H32N2O7/c1-20-24(7-9-28-31(20)40-13-12-39-28)32(38)34-23-16-33(42-18-23)10-11-35(19-33)29(36)15-21-6-8-27-26(14-21)30(37)25-5-3-2-4-22(25)17-41-27/h2-9,14,23H,10-13,15-19H2,1H3,(H,34,38). The van der Waals surface area contributed by atoms with Gasteiger partial charge in [-0.05, 0) is 43.2 Å². The number of rotatable bonds is 4. The summed E-state index contributed by atoms with van der Waals surface area (Å²) < 4.78 is 23.5. The van der Waals surface area contributed by atoms with Crippen LogP contribution in [0.15, 0.2) is 54.6 Å². The topological polar surface area (TPSA) is 103 Å². The van der Waals surface area contributed by atoms with Crippen LogP contribution in [0.1, 0.15) is 55.8 Å². The highest BCUT2D eigenvalue weighted by molar-refractivity contribution is 6.12. The highest BCUT2D eigenvalue weighted by Gasteiger charge is 2.47. The number of ether oxygens (including phenoxy) is 4. The predicted octanol–water partition coefficient (Wildman–Crippen LogP) is 3.62. The van der Waals surface area contributed by atoms with E-state index in [1.807, 2.05) is 42.2 Å². The van der Waals surface area contributed by atoms with Gasteiger partial charge in [0.15, 0.2) is 17.3 Å². The van der Waals surface area contributed by atoms with Crippen molar-refractivity contribution >= 4 is 17.6 Å². The maximum atomic E-state index is 13.3. The van der Waals surface area contributed by atoms with Gasteiger partial charge in [-0.3, -0.25) is 14.4 Å². The van der Waals surface area contributed by atoms with Gasteiger partial charge in [-0.1, -0.05) is 30.3 Å². The second-order valence-electron chi connectivity index (χ2n) is 11.5. The molecule has 3 aromatic carbocycles. The number of fused-ring (bicyclic) bond motifs is 3. The number of hydrogen-bond donors (Lipinski definition) is 1. The summed E-state index contributed by atoms with van der Waals surface area (Å²) >= 11 is 0. The molecule has 0 radical (unpaired) electrons. The van der Waals surface area contributed by atoms with Crippen molar-refractivity contribution in [2.75, 3.05) is 32.9 Å². The van der Waals surface area contributed by atoms with Crippen molar-refractivity contribution < 1.29 is 33.3 Å². The molecule has 0 aliphatic carbocycles. The monoisotopic (exact) mass is 568 g/mol. The van der Waals surface area contributed by atoms with Crippen molar-refractivity contribution in [2.45, 2.75) is 44.4 Å². The molecule has 9 heteroatoms. The van der Waals surface area contributed by atoms with Crippen molar-refractivity contribution in [2.24, 2.45) is 0 Å². The summed E-state index contributed by atoms with van der Waals surface area (Å²) in [6.07, 6.45) is 1.53. The fourth-order valence-corrected chi connectivity index (χ4v) is 6.49. The second kappa shape index (κ2) is 10.5. The molecule has 216 valence electrons. The van der Waals surface area contributed by atoms with Crippen LogP contribution in [0.25, 0.3) is 0 Å². The lowest BCUT2D eigenvalue weighted by atomic mass is 9.96. The molecule has 0 aromatic heterocycles. The quantitative estimate of drug-likeness (QED) is 0.513. The molecule has 1 N–H and O–H groups in total. The summed E-state index contributed by atoms with van der Waals surface area (Å²) in [5, 5.41) is 3.12. The molecule has 2 atom stereocenters. The normalized spacial score (nSPS) is 22.3. The molecule has 2 amide bonds. The molecule has 42 heavy (non-hydrogen) atoms. The van der Waals surface area contributed by atoms with Gasteiger partial charge >= 0.3 is 0 Å². The van der Waals surface area contributed by atoms with Crippen molar-refractivity contribution in [3.05, 3.63) is 88.0 Å². The number of nitrogens with one attached hydrogen (secondary N) is 1. The van der Waals surface area contributed by atoms with E-state index in [9.17, 15) is 14.4 Å². The van der Waals surface area contributed by atoms with E-state index in [4.69, 9.17) is 18.9 Å². The average Bonchev–Trinajstić information content (AvgIpc) is 3.58. The first-order valence-electron chi connectivity index (χ1n) is 14.4. The highest BCUT2D eigenvalue weighted by Crippen LogP contribution is 2.38. The van der Waals surface area contributed by atoms with Crippen LogP contribution in [0.3, 0.4) is 0 Å². The number of likely N-dealkylation sites (tertiary alicyclic amines) is 1. The number of nitrogens with zero attached hydrogens (tertiary/aromatic N) is 1. The summed E-state index contributed by atoms with van der Waals surface area (Å²) in [5.41, 5.74) is 3.56. The number of carbonyl (C=O) groups excluding carboxylic acids is 3. The van der Waals surface area contributed by atoms with Gasteiger partial charge in [0.05, 0.1) is 30.2 Å². The van der Waals surface area contributed by atoms with Crippen LogP contribution in [0.4, 0.5) is 0 Å². The number of carbonyl (C=O) groups is 3. The Kier molecular flexibility index (Phi) is 6.61. The molecular formula is C33H32N2O7. The number of amides is 2. The molecule has 2 unspecified atom stereocenters. The van der Waals surface area contributed by atoms with E-state index >= 15 is 0 Å². The van der Waals surface area contributed by atoms with Crippen molar-refractivity contribution in [3.63, 3.8) is 0 Å². The zero-order valence-corrected chi connectivity index (χ0v) is 23.4. The number of hydrogen-bond acceptors (Lipinski definition) is 7. The van der Waals surface area contributed by atoms with E-state index in [2.05, 4.69) is 5.32 Å². The first kappa shape index (κ1) is 26.5. The molecule has 2 saturated heterocycles. The van der Waals surface area contributed by atoms with Gasteiger partial charge in [0.2, 0.25) is 5.91 Å². The first-order valence-corrected chi connectivity index (χ1v) is 14.4. The lowest BCUT2D eigenvalue weighted by Crippen LogP contribution is -2.39. The zero-order chi connectivity index (χ0) is 28.8. The van der Waals surface area contributed by atoms with Gasteiger partial charge < -0.3 is 29.2 Å². The van der Waals surface area contributed by atoms with Crippen molar-refractivity contribution in [3.8, 4) is 17.2 Å². The molecule has 1 spiro atoms. The van der Waals surface area contributed by atoms with Gasteiger partial charge in [0.1, 0.15) is 25.6 Å². The molecule has 9 nitrogen and oxygen atoms in total. The molecule has 2 fully saturated rings. The average molecular weight is 569 g/mol. The molecule has 4 aliphatic heterocycles. The van der Waals surface area contributed by atoms with Gasteiger partial charge in [0, 0.05) is 41.8 Å². The third-order valence-electron chi connectivity index (χ3n) is 8.70. The fraction of sp³-hybridized carbons (Fsp3) is 0.364. The number of benzene rings is 3. The van der Waals surface area contributed by atoms with E-state index in [1.165, 1.54) is 0 Å². The molecule has 4 aliphatic rings. The van der Waals surface area contributed by atoms with Crippen LogP contribution >= 0.6 is 0 Å². The summed E-state index contributed by atoms with van der Waals surface area (Å²) in [4.78, 5) is 41.5. The molecule has 7 rings (SSSR count). The van der Waals surface area contributed by atoms with E-state index in [-0.39, 0.29) is 30.1 Å². The Labute approximate surface area is 243 Å². The minimum absolute atomic E-state index is 0.0165. The van der Waals surface area contributed by atoms with Crippen LogP contribution in [-0.2, 0) is 22.6 Å². The molecule has 0 bridgehead atoms. The highest BCUT2D eigenvalue weighted by atomic mass is 16.6. The largest absolute Gasteiger partial charge is 0.488 e. The van der Waals surface area contributed by atoms with E-state index in [1.54, 1.807) is 24.3 Å². The fourth-order valence-electron chi connectivity index (χ4n) is 6.49. The Balaban J connectivity index is 0.981. The third-order valence-corrected chi connectivity index (χ3v) is 8.70. The van der Waals surface area contributed by atoms with Crippen molar-refractivity contribution in [1.29, 1.82) is 0 Å². The van der Waals surface area contributed by atoms with E-state index in [0.717, 1.165) is 16.7 Å². The third kappa shape index (κ3) is 4.77. The first-order chi connectivity index (χ1) is 20.4. The summed E-state index contributed by atoms with van der Waals surface area (Å²) in [6.45, 7) is 4.60. The van der Waals surface area contributed by atoms with Gasteiger partial charge in [-0.25, -0.2) is 0 Å². The summed E-state index contributed by atoms with van der Waals surface area (Å²) in [6, 6.07) is 16.2. The van der Waals surface area contributed by atoms with E-state index in [0.29, 0.717) is 86.3 Å². The van der Waals surface area contributed by atoms with Crippen LogP contribution in [0, 0.1) is 6.92 Å². The van der Waals surface area contributed by atoms with Gasteiger partial charge in [-0.15, -0.1) is 0 Å². The van der Waals surface area contributed by atoms with Gasteiger partial charge in [-0.2, -0.15) is 0 Å². The Morgan fingerprint density at radius 1 is 1.00 bits per heavy atom. The Bertz CT molecular complexity index is 1600. The Morgan fingerprint density at radius 2 is 1.83 bits per heavy atom. The van der Waals surface area contributed by atoms with E-state index < -0.39 is 5.60 Å². The molecule has 4 heterocycles. The minimum atomic E-state index is -0.475. The number of ketones is 1. The summed E-state index contributed by atoms with van der Waals surface area (Å²) in [7, 11) is 0. The van der Waals surface area contributed by atoms with Gasteiger partial charge in [0.25, 0.3) is 5.91 Å². The molecular weight excluding hydrogens is 536 g/mol. The van der Waals surface area contributed by atoms with Crippen LogP contribution in [0.2, 0.25) is 0 Å². The lowest BCUT2D eigenvalue weighted by molar-refractivity contribution is -0.130. The second-order valence-corrected chi connectivity index (χ2v) is 11.5. The molecule has 3 aromatic rings. The lowest BCUT2D eigenvalue weighted by Gasteiger charge is -2.24. The SMILES string of the molecule is Cc1c(C(=O)NC2COC3(CCN(C(=O)Cc4ccc5c(c4)C(=O)c4ccccc4CO5)C3)C2)ccc2c1OCCO2. The maximum absolute atomic E-state index is 13.3.